The van der Waals surface area contributed by atoms with Crippen LogP contribution in [-0.4, -0.2) is 11.1 Å². The highest BCUT2D eigenvalue weighted by Gasteiger charge is 2.44. The molecule has 70 valence electrons. The van der Waals surface area contributed by atoms with Gasteiger partial charge in [-0.3, -0.25) is 4.79 Å². The van der Waals surface area contributed by atoms with Crippen LogP contribution in [-0.2, 0) is 4.79 Å². The Hall–Kier alpha value is -1.82. The molecule has 0 amide bonds. The largest absolute Gasteiger partial charge is 0.481 e. The maximum absolute atomic E-state index is 10.6. The maximum atomic E-state index is 10.6. The molecular weight excluding hydrogens is 178 g/mol. The van der Waals surface area contributed by atoms with Gasteiger partial charge in [0.2, 0.25) is 0 Å². The number of carboxylic acid groups (broad SMARTS) is 1. The van der Waals surface area contributed by atoms with E-state index in [9.17, 15) is 4.79 Å². The molecule has 1 aromatic rings. The van der Waals surface area contributed by atoms with Gasteiger partial charge in [-0.15, -0.1) is 0 Å². The van der Waals surface area contributed by atoms with Crippen molar-refractivity contribution in [2.45, 2.75) is 12.3 Å². The third kappa shape index (κ3) is 1.47. The first-order valence-electron chi connectivity index (χ1n) is 4.45. The average Bonchev–Trinajstić information content (AvgIpc) is 2.97. The Morgan fingerprint density at radius 1 is 1.57 bits per heavy atom. The van der Waals surface area contributed by atoms with Crippen molar-refractivity contribution in [2.24, 2.45) is 5.92 Å². The van der Waals surface area contributed by atoms with Crippen molar-refractivity contribution < 1.29 is 9.90 Å². The van der Waals surface area contributed by atoms with Crippen molar-refractivity contribution in [3.05, 3.63) is 35.4 Å². The van der Waals surface area contributed by atoms with Crippen LogP contribution in [0.2, 0.25) is 0 Å². The molecule has 1 aliphatic carbocycles. The minimum atomic E-state index is -0.739. The van der Waals surface area contributed by atoms with Crippen LogP contribution < -0.4 is 0 Å². The topological polar surface area (TPSA) is 61.1 Å². The summed E-state index contributed by atoms with van der Waals surface area (Å²) in [6.07, 6.45) is 0.699. The molecule has 0 saturated heterocycles. The van der Waals surface area contributed by atoms with Gasteiger partial charge in [0, 0.05) is 0 Å². The Kier molecular flexibility index (Phi) is 1.97. The fraction of sp³-hybridized carbons (Fsp3) is 0.273. The minimum absolute atomic E-state index is 0.112. The second-order valence-electron chi connectivity index (χ2n) is 3.52. The molecule has 1 N–H and O–H groups in total. The van der Waals surface area contributed by atoms with E-state index in [1.165, 1.54) is 0 Å². The number of hydrogen-bond acceptors (Lipinski definition) is 2. The third-order valence-electron chi connectivity index (χ3n) is 2.55. The summed E-state index contributed by atoms with van der Waals surface area (Å²) in [5.74, 6) is -0.873. The fourth-order valence-corrected chi connectivity index (χ4v) is 1.68. The molecule has 2 rings (SSSR count). The number of carboxylic acids is 1. The predicted molar refractivity (Wildman–Crippen MR) is 49.6 cm³/mol. The van der Waals surface area contributed by atoms with Gasteiger partial charge in [0.05, 0.1) is 17.6 Å². The molecular formula is C11H9NO2. The zero-order valence-corrected chi connectivity index (χ0v) is 7.47. The summed E-state index contributed by atoms with van der Waals surface area (Å²) in [5, 5.41) is 17.4. The first kappa shape index (κ1) is 8.76. The minimum Gasteiger partial charge on any atom is -0.481 e. The third-order valence-corrected chi connectivity index (χ3v) is 2.55. The summed E-state index contributed by atoms with van der Waals surface area (Å²) in [7, 11) is 0. The summed E-state index contributed by atoms with van der Waals surface area (Å²) >= 11 is 0. The van der Waals surface area contributed by atoms with Crippen molar-refractivity contribution in [1.29, 1.82) is 5.26 Å². The average molecular weight is 187 g/mol. The Morgan fingerprint density at radius 2 is 2.36 bits per heavy atom. The SMILES string of the molecule is N#Cc1cccc([C@@H]2C[C@@H]2C(=O)O)c1. The van der Waals surface area contributed by atoms with Crippen LogP contribution >= 0.6 is 0 Å². The fourth-order valence-electron chi connectivity index (χ4n) is 1.68. The zero-order chi connectivity index (χ0) is 10.1. The number of rotatable bonds is 2. The van der Waals surface area contributed by atoms with Crippen LogP contribution in [0.3, 0.4) is 0 Å². The molecule has 0 unspecified atom stereocenters. The molecule has 0 aliphatic heterocycles. The van der Waals surface area contributed by atoms with Gasteiger partial charge in [0.15, 0.2) is 0 Å². The van der Waals surface area contributed by atoms with Gasteiger partial charge < -0.3 is 5.11 Å². The van der Waals surface area contributed by atoms with E-state index in [4.69, 9.17) is 10.4 Å². The lowest BCUT2D eigenvalue weighted by molar-refractivity contribution is -0.138. The smallest absolute Gasteiger partial charge is 0.307 e. The number of hydrogen-bond donors (Lipinski definition) is 1. The lowest BCUT2D eigenvalue weighted by Gasteiger charge is -1.97. The summed E-state index contributed by atoms with van der Waals surface area (Å²) in [6.45, 7) is 0. The van der Waals surface area contributed by atoms with E-state index >= 15 is 0 Å². The molecule has 1 aliphatic rings. The van der Waals surface area contributed by atoms with Gasteiger partial charge in [-0.1, -0.05) is 12.1 Å². The van der Waals surface area contributed by atoms with Crippen LogP contribution in [0, 0.1) is 17.2 Å². The summed E-state index contributed by atoms with van der Waals surface area (Å²) < 4.78 is 0. The van der Waals surface area contributed by atoms with E-state index in [2.05, 4.69) is 0 Å². The molecule has 0 radical (unpaired) electrons. The number of nitrogens with zero attached hydrogens (tertiary/aromatic N) is 1. The van der Waals surface area contributed by atoms with Gasteiger partial charge in [-0.25, -0.2) is 0 Å². The van der Waals surface area contributed by atoms with Gasteiger partial charge in [0.25, 0.3) is 0 Å². The van der Waals surface area contributed by atoms with E-state index < -0.39 is 5.97 Å². The van der Waals surface area contributed by atoms with Crippen LogP contribution in [0.25, 0.3) is 0 Å². The number of carbonyl (C=O) groups is 1. The molecule has 2 atom stereocenters. The first-order valence-corrected chi connectivity index (χ1v) is 4.45. The Balaban J connectivity index is 2.20. The van der Waals surface area contributed by atoms with Crippen LogP contribution in [0.15, 0.2) is 24.3 Å². The quantitative estimate of drug-likeness (QED) is 0.767. The highest BCUT2D eigenvalue weighted by atomic mass is 16.4. The Labute approximate surface area is 81.6 Å². The second kappa shape index (κ2) is 3.15. The van der Waals surface area contributed by atoms with Gasteiger partial charge in [-0.05, 0) is 30.0 Å². The van der Waals surface area contributed by atoms with E-state index in [1.807, 2.05) is 12.1 Å². The summed E-state index contributed by atoms with van der Waals surface area (Å²) in [4.78, 5) is 10.6. The standard InChI is InChI=1S/C11H9NO2/c12-6-7-2-1-3-8(4-7)9-5-10(9)11(13)14/h1-4,9-10H,5H2,(H,13,14)/t9-,10-/m0/s1. The Bertz CT molecular complexity index is 420. The van der Waals surface area contributed by atoms with Crippen molar-refractivity contribution >= 4 is 5.97 Å². The maximum Gasteiger partial charge on any atom is 0.307 e. The molecule has 1 saturated carbocycles. The number of nitriles is 1. The van der Waals surface area contributed by atoms with Crippen LogP contribution in [0.4, 0.5) is 0 Å². The van der Waals surface area contributed by atoms with Crippen molar-refractivity contribution in [1.82, 2.24) is 0 Å². The van der Waals surface area contributed by atoms with E-state index in [0.29, 0.717) is 12.0 Å². The number of aliphatic carboxylic acids is 1. The van der Waals surface area contributed by atoms with Crippen molar-refractivity contribution in [2.75, 3.05) is 0 Å². The number of benzene rings is 1. The molecule has 0 spiro atoms. The normalized spacial score (nSPS) is 23.9. The van der Waals surface area contributed by atoms with Crippen molar-refractivity contribution in [3.8, 4) is 6.07 Å². The van der Waals surface area contributed by atoms with Gasteiger partial charge >= 0.3 is 5.97 Å². The molecule has 3 nitrogen and oxygen atoms in total. The van der Waals surface area contributed by atoms with E-state index in [-0.39, 0.29) is 11.8 Å². The molecule has 1 fully saturated rings. The lowest BCUT2D eigenvalue weighted by atomic mass is 10.1. The first-order chi connectivity index (χ1) is 6.72. The highest BCUT2D eigenvalue weighted by molar-refractivity contribution is 5.75. The zero-order valence-electron chi connectivity index (χ0n) is 7.47. The van der Waals surface area contributed by atoms with E-state index in [0.717, 1.165) is 5.56 Å². The van der Waals surface area contributed by atoms with Gasteiger partial charge in [-0.2, -0.15) is 5.26 Å². The van der Waals surface area contributed by atoms with E-state index in [1.54, 1.807) is 18.2 Å². The molecule has 1 aromatic carbocycles. The second-order valence-corrected chi connectivity index (χ2v) is 3.52. The monoisotopic (exact) mass is 187 g/mol. The Morgan fingerprint density at radius 3 is 2.93 bits per heavy atom. The summed E-state index contributed by atoms with van der Waals surface area (Å²) in [6, 6.07) is 9.22. The van der Waals surface area contributed by atoms with Gasteiger partial charge in [0.1, 0.15) is 0 Å². The van der Waals surface area contributed by atoms with Crippen LogP contribution in [0.5, 0.6) is 0 Å². The lowest BCUT2D eigenvalue weighted by Crippen LogP contribution is -1.98. The molecule has 0 aromatic heterocycles. The van der Waals surface area contributed by atoms with Crippen molar-refractivity contribution in [3.63, 3.8) is 0 Å². The molecule has 3 heteroatoms. The molecule has 0 heterocycles. The molecule has 0 bridgehead atoms. The predicted octanol–water partition coefficient (Wildman–Crippen LogP) is 1.75. The highest BCUT2D eigenvalue weighted by Crippen LogP contribution is 2.47. The molecule has 14 heavy (non-hydrogen) atoms. The summed E-state index contributed by atoms with van der Waals surface area (Å²) in [5.41, 5.74) is 1.56. The van der Waals surface area contributed by atoms with Crippen LogP contribution in [0.1, 0.15) is 23.5 Å².